The van der Waals surface area contributed by atoms with Crippen LogP contribution in [0.15, 0.2) is 39.5 Å². The van der Waals surface area contributed by atoms with Crippen LogP contribution in [0, 0.1) is 5.82 Å². The van der Waals surface area contributed by atoms with Crippen molar-refractivity contribution in [2.75, 3.05) is 6.54 Å². The predicted molar refractivity (Wildman–Crippen MR) is 83.3 cm³/mol. The number of likely N-dealkylation sites (N-methyl/N-ethyl adjacent to an activating group) is 1. The molecule has 4 heteroatoms. The van der Waals surface area contributed by atoms with Crippen molar-refractivity contribution in [2.24, 2.45) is 0 Å². The van der Waals surface area contributed by atoms with E-state index in [1.54, 1.807) is 23.5 Å². The SMILES string of the molecule is CCNC(Cc1ccsc1)Cc1cc(F)ccc1Br. The number of hydrogen-bond donors (Lipinski definition) is 1. The molecule has 0 saturated heterocycles. The molecular formula is C15H17BrFNS. The molecule has 2 aromatic rings. The summed E-state index contributed by atoms with van der Waals surface area (Å²) < 4.78 is 14.3. The number of nitrogens with one attached hydrogen (secondary N) is 1. The van der Waals surface area contributed by atoms with Crippen LogP contribution in [0.1, 0.15) is 18.1 Å². The Kier molecular flexibility index (Phi) is 5.55. The molecule has 0 saturated carbocycles. The first-order valence-electron chi connectivity index (χ1n) is 6.37. The average Bonchev–Trinajstić information content (AvgIpc) is 2.87. The summed E-state index contributed by atoms with van der Waals surface area (Å²) >= 11 is 5.21. The van der Waals surface area contributed by atoms with Crippen LogP contribution in [-0.4, -0.2) is 12.6 Å². The Labute approximate surface area is 126 Å². The fourth-order valence-corrected chi connectivity index (χ4v) is 3.25. The van der Waals surface area contributed by atoms with Crippen molar-refractivity contribution < 1.29 is 4.39 Å². The number of rotatable bonds is 6. The first-order chi connectivity index (χ1) is 9.19. The molecule has 19 heavy (non-hydrogen) atoms. The van der Waals surface area contributed by atoms with E-state index in [1.165, 1.54) is 11.6 Å². The number of hydrogen-bond acceptors (Lipinski definition) is 2. The molecule has 1 N–H and O–H groups in total. The summed E-state index contributed by atoms with van der Waals surface area (Å²) in [5, 5.41) is 7.74. The molecule has 102 valence electrons. The first-order valence-corrected chi connectivity index (χ1v) is 8.11. The zero-order valence-corrected chi connectivity index (χ0v) is 13.2. The highest BCUT2D eigenvalue weighted by Crippen LogP contribution is 2.21. The van der Waals surface area contributed by atoms with E-state index in [0.717, 1.165) is 29.4 Å². The third-order valence-electron chi connectivity index (χ3n) is 3.03. The van der Waals surface area contributed by atoms with Gasteiger partial charge in [-0.15, -0.1) is 0 Å². The minimum Gasteiger partial charge on any atom is -0.314 e. The summed E-state index contributed by atoms with van der Waals surface area (Å²) in [7, 11) is 0. The largest absolute Gasteiger partial charge is 0.314 e. The maximum absolute atomic E-state index is 13.3. The van der Waals surface area contributed by atoms with Crippen molar-refractivity contribution in [3.05, 3.63) is 56.4 Å². The monoisotopic (exact) mass is 341 g/mol. The van der Waals surface area contributed by atoms with E-state index in [4.69, 9.17) is 0 Å². The van der Waals surface area contributed by atoms with Gasteiger partial charge in [0.15, 0.2) is 0 Å². The Morgan fingerprint density at radius 3 is 2.84 bits per heavy atom. The zero-order valence-electron chi connectivity index (χ0n) is 10.8. The van der Waals surface area contributed by atoms with E-state index < -0.39 is 0 Å². The van der Waals surface area contributed by atoms with Crippen LogP contribution in [-0.2, 0) is 12.8 Å². The summed E-state index contributed by atoms with van der Waals surface area (Å²) in [5.41, 5.74) is 2.35. The molecule has 1 nitrogen and oxygen atoms in total. The highest BCUT2D eigenvalue weighted by atomic mass is 79.9. The van der Waals surface area contributed by atoms with Gasteiger partial charge in [0.2, 0.25) is 0 Å². The molecule has 0 aliphatic rings. The van der Waals surface area contributed by atoms with Gasteiger partial charge in [-0.2, -0.15) is 11.3 Å². The van der Waals surface area contributed by atoms with Gasteiger partial charge in [0.25, 0.3) is 0 Å². The molecule has 1 aromatic heterocycles. The van der Waals surface area contributed by atoms with Crippen molar-refractivity contribution in [3.8, 4) is 0 Å². The second kappa shape index (κ2) is 7.17. The van der Waals surface area contributed by atoms with Crippen molar-refractivity contribution in [1.29, 1.82) is 0 Å². The molecule has 0 aliphatic heterocycles. The minimum atomic E-state index is -0.177. The third-order valence-corrected chi connectivity index (χ3v) is 4.53. The maximum Gasteiger partial charge on any atom is 0.123 e. The third kappa shape index (κ3) is 4.41. The van der Waals surface area contributed by atoms with Crippen LogP contribution in [0.25, 0.3) is 0 Å². The molecule has 0 spiro atoms. The second-order valence-corrected chi connectivity index (χ2v) is 6.16. The molecule has 0 aliphatic carbocycles. The first kappa shape index (κ1) is 14.7. The summed E-state index contributed by atoms with van der Waals surface area (Å²) in [6.45, 7) is 3.02. The van der Waals surface area contributed by atoms with Gasteiger partial charge in [0.1, 0.15) is 5.82 Å². The lowest BCUT2D eigenvalue weighted by Crippen LogP contribution is -2.33. The summed E-state index contributed by atoms with van der Waals surface area (Å²) in [6, 6.07) is 7.35. The highest BCUT2D eigenvalue weighted by Gasteiger charge is 2.12. The molecule has 1 unspecified atom stereocenters. The Morgan fingerprint density at radius 1 is 1.32 bits per heavy atom. The van der Waals surface area contributed by atoms with Gasteiger partial charge in [-0.05, 0) is 65.5 Å². The molecule has 1 aromatic carbocycles. The summed E-state index contributed by atoms with van der Waals surface area (Å²) in [5.74, 6) is -0.177. The van der Waals surface area contributed by atoms with Gasteiger partial charge in [0.05, 0.1) is 0 Å². The van der Waals surface area contributed by atoms with Crippen molar-refractivity contribution in [2.45, 2.75) is 25.8 Å². The Hall–Kier alpha value is -0.710. The van der Waals surface area contributed by atoms with Crippen molar-refractivity contribution in [1.82, 2.24) is 5.32 Å². The van der Waals surface area contributed by atoms with E-state index in [1.807, 2.05) is 0 Å². The quantitative estimate of drug-likeness (QED) is 0.820. The van der Waals surface area contributed by atoms with Gasteiger partial charge in [-0.1, -0.05) is 22.9 Å². The fraction of sp³-hybridized carbons (Fsp3) is 0.333. The average molecular weight is 342 g/mol. The fourth-order valence-electron chi connectivity index (χ4n) is 2.16. The molecule has 1 heterocycles. The lowest BCUT2D eigenvalue weighted by atomic mass is 10.0. The Bertz CT molecular complexity index is 513. The van der Waals surface area contributed by atoms with Crippen LogP contribution < -0.4 is 5.32 Å². The number of benzene rings is 1. The van der Waals surface area contributed by atoms with Crippen molar-refractivity contribution in [3.63, 3.8) is 0 Å². The minimum absolute atomic E-state index is 0.177. The van der Waals surface area contributed by atoms with E-state index in [9.17, 15) is 4.39 Å². The van der Waals surface area contributed by atoms with E-state index in [0.29, 0.717) is 6.04 Å². The smallest absolute Gasteiger partial charge is 0.123 e. The molecule has 0 radical (unpaired) electrons. The van der Waals surface area contributed by atoms with E-state index in [-0.39, 0.29) is 5.82 Å². The second-order valence-electron chi connectivity index (χ2n) is 4.53. The number of halogens is 2. The standard InChI is InChI=1S/C15H17BrFNS/c1-2-18-14(7-11-5-6-19-10-11)9-12-8-13(17)3-4-15(12)16/h3-6,8,10,14,18H,2,7,9H2,1H3. The van der Waals surface area contributed by atoms with E-state index in [2.05, 4.69) is 45.0 Å². The van der Waals surface area contributed by atoms with Crippen LogP contribution in [0.5, 0.6) is 0 Å². The zero-order chi connectivity index (χ0) is 13.7. The van der Waals surface area contributed by atoms with Crippen LogP contribution in [0.3, 0.4) is 0 Å². The van der Waals surface area contributed by atoms with Crippen LogP contribution in [0.2, 0.25) is 0 Å². The lowest BCUT2D eigenvalue weighted by molar-refractivity contribution is 0.519. The Balaban J connectivity index is 2.09. The van der Waals surface area contributed by atoms with Gasteiger partial charge < -0.3 is 5.32 Å². The molecule has 1 atom stereocenters. The molecule has 0 bridgehead atoms. The lowest BCUT2D eigenvalue weighted by Gasteiger charge is -2.18. The predicted octanol–water partition coefficient (Wildman–Crippen LogP) is 4.41. The van der Waals surface area contributed by atoms with Crippen molar-refractivity contribution >= 4 is 27.3 Å². The normalized spacial score (nSPS) is 12.6. The van der Waals surface area contributed by atoms with Gasteiger partial charge in [-0.25, -0.2) is 4.39 Å². The van der Waals surface area contributed by atoms with Gasteiger partial charge in [0, 0.05) is 10.5 Å². The molecule has 0 amide bonds. The summed E-state index contributed by atoms with van der Waals surface area (Å²) in [4.78, 5) is 0. The van der Waals surface area contributed by atoms with Gasteiger partial charge >= 0.3 is 0 Å². The van der Waals surface area contributed by atoms with Gasteiger partial charge in [-0.3, -0.25) is 0 Å². The summed E-state index contributed by atoms with van der Waals surface area (Å²) in [6.07, 6.45) is 1.79. The topological polar surface area (TPSA) is 12.0 Å². The Morgan fingerprint density at radius 2 is 2.16 bits per heavy atom. The molecule has 0 fully saturated rings. The van der Waals surface area contributed by atoms with Crippen LogP contribution >= 0.6 is 27.3 Å². The molecule has 2 rings (SSSR count). The van der Waals surface area contributed by atoms with Crippen LogP contribution in [0.4, 0.5) is 4.39 Å². The van der Waals surface area contributed by atoms with E-state index >= 15 is 0 Å². The highest BCUT2D eigenvalue weighted by molar-refractivity contribution is 9.10. The maximum atomic E-state index is 13.3. The number of thiophene rings is 1. The molecular weight excluding hydrogens is 325 g/mol.